The summed E-state index contributed by atoms with van der Waals surface area (Å²) in [5.41, 5.74) is 1.00. The van der Waals surface area contributed by atoms with Crippen molar-refractivity contribution in [2.24, 2.45) is 0 Å². The van der Waals surface area contributed by atoms with Gasteiger partial charge in [-0.1, -0.05) is 30.3 Å². The molecule has 1 fully saturated rings. The van der Waals surface area contributed by atoms with Gasteiger partial charge in [0.1, 0.15) is 18.3 Å². The summed E-state index contributed by atoms with van der Waals surface area (Å²) < 4.78 is 15.9. The van der Waals surface area contributed by atoms with Gasteiger partial charge in [0, 0.05) is 7.11 Å². The first-order valence-electron chi connectivity index (χ1n) is 5.89. The van der Waals surface area contributed by atoms with Crippen LogP contribution < -0.4 is 0 Å². The third kappa shape index (κ3) is 2.88. The average molecular weight is 254 g/mol. The Labute approximate surface area is 106 Å². The lowest BCUT2D eigenvalue weighted by Crippen LogP contribution is -2.36. The zero-order valence-electron chi connectivity index (χ0n) is 10.2. The molecular weight excluding hydrogens is 236 g/mol. The minimum Gasteiger partial charge on any atom is -0.394 e. The number of methoxy groups -OCH3 is 1. The van der Waals surface area contributed by atoms with Crippen molar-refractivity contribution in [1.29, 1.82) is 0 Å². The SMILES string of the molecule is CO[C@H]1O[C@H](CO)[C@@H](OCc2ccccc2)[C@H]1O. The second-order valence-corrected chi connectivity index (χ2v) is 4.21. The summed E-state index contributed by atoms with van der Waals surface area (Å²) in [6.07, 6.45) is -2.78. The van der Waals surface area contributed by atoms with Gasteiger partial charge in [0.15, 0.2) is 6.29 Å². The fourth-order valence-electron chi connectivity index (χ4n) is 2.02. The molecule has 18 heavy (non-hydrogen) atoms. The van der Waals surface area contributed by atoms with E-state index in [-0.39, 0.29) is 6.61 Å². The van der Waals surface area contributed by atoms with Crippen LogP contribution in [-0.2, 0) is 20.8 Å². The molecule has 1 saturated heterocycles. The second-order valence-electron chi connectivity index (χ2n) is 4.21. The lowest BCUT2D eigenvalue weighted by Gasteiger charge is -2.19. The molecule has 1 aromatic rings. The maximum absolute atomic E-state index is 9.94. The van der Waals surface area contributed by atoms with E-state index in [1.807, 2.05) is 30.3 Å². The van der Waals surface area contributed by atoms with E-state index in [0.717, 1.165) is 5.56 Å². The maximum Gasteiger partial charge on any atom is 0.186 e. The van der Waals surface area contributed by atoms with Crippen LogP contribution in [0.25, 0.3) is 0 Å². The summed E-state index contributed by atoms with van der Waals surface area (Å²) >= 11 is 0. The summed E-state index contributed by atoms with van der Waals surface area (Å²) in [6.45, 7) is 0.148. The lowest BCUT2D eigenvalue weighted by atomic mass is 10.1. The van der Waals surface area contributed by atoms with Crippen LogP contribution in [0, 0.1) is 0 Å². The first kappa shape index (κ1) is 13.5. The highest BCUT2D eigenvalue weighted by atomic mass is 16.7. The van der Waals surface area contributed by atoms with Crippen molar-refractivity contribution in [3.05, 3.63) is 35.9 Å². The summed E-state index contributed by atoms with van der Waals surface area (Å²) in [4.78, 5) is 0. The topological polar surface area (TPSA) is 68.2 Å². The standard InChI is InChI=1S/C13H18O5/c1-16-13-11(15)12(10(7-14)18-13)17-8-9-5-3-2-4-6-9/h2-6,10-15H,7-8H2,1H3/t10-,11-,12-,13+/m1/s1. The zero-order valence-corrected chi connectivity index (χ0v) is 10.2. The predicted molar refractivity (Wildman–Crippen MR) is 63.8 cm³/mol. The number of aliphatic hydroxyl groups excluding tert-OH is 2. The number of hydrogen-bond acceptors (Lipinski definition) is 5. The van der Waals surface area contributed by atoms with Crippen molar-refractivity contribution in [1.82, 2.24) is 0 Å². The molecule has 0 aromatic heterocycles. The molecule has 1 aliphatic rings. The third-order valence-electron chi connectivity index (χ3n) is 2.99. The molecule has 0 aliphatic carbocycles. The first-order valence-corrected chi connectivity index (χ1v) is 5.89. The van der Waals surface area contributed by atoms with Gasteiger partial charge in [-0.2, -0.15) is 0 Å². The van der Waals surface area contributed by atoms with Crippen molar-refractivity contribution in [3.8, 4) is 0 Å². The first-order chi connectivity index (χ1) is 8.76. The smallest absolute Gasteiger partial charge is 0.186 e. The van der Waals surface area contributed by atoms with Crippen LogP contribution in [0.2, 0.25) is 0 Å². The van der Waals surface area contributed by atoms with Gasteiger partial charge < -0.3 is 24.4 Å². The summed E-state index contributed by atoms with van der Waals surface area (Å²) in [7, 11) is 1.45. The Balaban J connectivity index is 1.95. The highest BCUT2D eigenvalue weighted by Crippen LogP contribution is 2.25. The van der Waals surface area contributed by atoms with Gasteiger partial charge in [0.25, 0.3) is 0 Å². The molecule has 2 rings (SSSR count). The van der Waals surface area contributed by atoms with E-state index < -0.39 is 24.6 Å². The minimum absolute atomic E-state index is 0.212. The van der Waals surface area contributed by atoms with Crippen LogP contribution in [0.1, 0.15) is 5.56 Å². The van der Waals surface area contributed by atoms with Crippen molar-refractivity contribution >= 4 is 0 Å². The van der Waals surface area contributed by atoms with E-state index in [1.165, 1.54) is 7.11 Å². The number of rotatable bonds is 5. The van der Waals surface area contributed by atoms with Gasteiger partial charge in [-0.15, -0.1) is 0 Å². The van der Waals surface area contributed by atoms with Gasteiger partial charge in [-0.05, 0) is 5.56 Å². The quantitative estimate of drug-likeness (QED) is 0.791. The molecule has 1 aromatic carbocycles. The van der Waals surface area contributed by atoms with Crippen LogP contribution >= 0.6 is 0 Å². The largest absolute Gasteiger partial charge is 0.394 e. The van der Waals surface area contributed by atoms with E-state index in [0.29, 0.717) is 6.61 Å². The van der Waals surface area contributed by atoms with E-state index in [4.69, 9.17) is 14.2 Å². The van der Waals surface area contributed by atoms with Crippen LogP contribution in [0.3, 0.4) is 0 Å². The predicted octanol–water partition coefficient (Wildman–Crippen LogP) is 0.296. The molecule has 0 bridgehead atoms. The van der Waals surface area contributed by atoms with Gasteiger partial charge >= 0.3 is 0 Å². The molecule has 0 amide bonds. The second kappa shape index (κ2) is 6.26. The van der Waals surface area contributed by atoms with Crippen molar-refractivity contribution < 1.29 is 24.4 Å². The highest BCUT2D eigenvalue weighted by Gasteiger charge is 2.44. The molecule has 5 nitrogen and oxygen atoms in total. The Bertz CT molecular complexity index is 354. The van der Waals surface area contributed by atoms with Gasteiger partial charge in [-0.25, -0.2) is 0 Å². The highest BCUT2D eigenvalue weighted by molar-refractivity contribution is 5.13. The Kier molecular flexibility index (Phi) is 4.68. The van der Waals surface area contributed by atoms with E-state index in [1.54, 1.807) is 0 Å². The van der Waals surface area contributed by atoms with E-state index in [9.17, 15) is 10.2 Å². The molecule has 2 N–H and O–H groups in total. The number of ether oxygens (including phenoxy) is 3. The Hall–Kier alpha value is -0.980. The Morgan fingerprint density at radius 3 is 2.61 bits per heavy atom. The fourth-order valence-corrected chi connectivity index (χ4v) is 2.02. The normalized spacial score (nSPS) is 31.7. The van der Waals surface area contributed by atoms with Crippen LogP contribution in [0.4, 0.5) is 0 Å². The summed E-state index contributed by atoms with van der Waals surface area (Å²) in [5, 5.41) is 19.1. The van der Waals surface area contributed by atoms with Gasteiger partial charge in [-0.3, -0.25) is 0 Å². The molecule has 100 valence electrons. The van der Waals surface area contributed by atoms with E-state index in [2.05, 4.69) is 0 Å². The third-order valence-corrected chi connectivity index (χ3v) is 2.99. The Morgan fingerprint density at radius 2 is 2.00 bits per heavy atom. The van der Waals surface area contributed by atoms with Crippen molar-refractivity contribution in [3.63, 3.8) is 0 Å². The molecule has 1 aliphatic heterocycles. The average Bonchev–Trinajstić information content (AvgIpc) is 2.73. The molecule has 1 heterocycles. The van der Waals surface area contributed by atoms with Gasteiger partial charge in [0.2, 0.25) is 0 Å². The summed E-state index contributed by atoms with van der Waals surface area (Å²) in [6, 6.07) is 9.63. The summed E-state index contributed by atoms with van der Waals surface area (Å²) in [5.74, 6) is 0. The number of hydrogen-bond donors (Lipinski definition) is 2. The lowest BCUT2D eigenvalue weighted by molar-refractivity contribution is -0.153. The molecule has 5 heteroatoms. The molecule has 4 atom stereocenters. The van der Waals surface area contributed by atoms with Crippen molar-refractivity contribution in [2.75, 3.05) is 13.7 Å². The monoisotopic (exact) mass is 254 g/mol. The molecular formula is C13H18O5. The minimum atomic E-state index is -0.893. The number of benzene rings is 1. The molecule has 0 unspecified atom stereocenters. The zero-order chi connectivity index (χ0) is 13.0. The number of aliphatic hydroxyl groups is 2. The van der Waals surface area contributed by atoms with Crippen LogP contribution in [-0.4, -0.2) is 48.5 Å². The van der Waals surface area contributed by atoms with Gasteiger partial charge in [0.05, 0.1) is 13.2 Å². The molecule has 0 saturated carbocycles. The fraction of sp³-hybridized carbons (Fsp3) is 0.538. The van der Waals surface area contributed by atoms with Crippen LogP contribution in [0.15, 0.2) is 30.3 Å². The van der Waals surface area contributed by atoms with Crippen molar-refractivity contribution in [2.45, 2.75) is 31.2 Å². The maximum atomic E-state index is 9.94. The van der Waals surface area contributed by atoms with E-state index >= 15 is 0 Å². The van der Waals surface area contributed by atoms with Crippen LogP contribution in [0.5, 0.6) is 0 Å². The molecule has 0 radical (unpaired) electrons. The molecule has 0 spiro atoms. The Morgan fingerprint density at radius 1 is 1.28 bits per heavy atom.